The molecule has 2 aromatic heterocycles. The number of hydrogen-bond donors (Lipinski definition) is 0. The summed E-state index contributed by atoms with van der Waals surface area (Å²) < 4.78 is 29.6. The van der Waals surface area contributed by atoms with Crippen molar-refractivity contribution in [3.8, 4) is 118 Å². The van der Waals surface area contributed by atoms with E-state index in [2.05, 4.69) is 156 Å². The number of rotatable bonds is 4. The number of nitrogens with zero attached hydrogens (tertiary/aromatic N) is 2. The van der Waals surface area contributed by atoms with Gasteiger partial charge in [-0.2, -0.15) is 0 Å². The molecule has 9 nitrogen and oxygen atoms in total. The van der Waals surface area contributed by atoms with Gasteiger partial charge in [-0.1, -0.05) is 95.6 Å². The van der Waals surface area contributed by atoms with E-state index < -0.39 is 41.1 Å². The third-order valence-electron chi connectivity index (χ3n) is 11.2. The van der Waals surface area contributed by atoms with E-state index in [1.165, 1.54) is 12.5 Å². The Morgan fingerprint density at radius 2 is 1.12 bits per heavy atom. The summed E-state index contributed by atoms with van der Waals surface area (Å²) in [5.74, 6) is 53.8. The lowest BCUT2D eigenvalue weighted by molar-refractivity contribution is -0.0381. The van der Waals surface area contributed by atoms with Crippen molar-refractivity contribution in [1.29, 1.82) is 0 Å². The molecule has 2 aliphatic rings. The molecule has 4 unspecified atom stereocenters. The number of carbonyl (C=O) groups excluding carboxylic acids is 2. The number of ether oxygens (including phenoxy) is 3. The van der Waals surface area contributed by atoms with Gasteiger partial charge in [0.25, 0.3) is 0 Å². The first kappa shape index (κ1) is 51.3. The number of fused-ring (bicyclic) bond motifs is 5. The Labute approximate surface area is 396 Å². The molecule has 334 valence electrons. The Morgan fingerprint density at radius 1 is 0.612 bits per heavy atom. The average Bonchev–Trinajstić information content (AvgIpc) is 3.59. The van der Waals surface area contributed by atoms with Crippen LogP contribution in [0.1, 0.15) is 115 Å². The van der Waals surface area contributed by atoms with Crippen molar-refractivity contribution < 1.29 is 32.6 Å². The van der Waals surface area contributed by atoms with Gasteiger partial charge in [0, 0.05) is 40.7 Å². The van der Waals surface area contributed by atoms with Gasteiger partial charge < -0.3 is 23.0 Å². The summed E-state index contributed by atoms with van der Waals surface area (Å²) in [7, 11) is 0. The SMILES string of the molecule is CC#CC#CC#CC#CC#CC#CC(C)(C)C(C)(C)C1C/C(C#CC#CC#CC#CC)=C\C2OC2/C=C/c2nc(co2)C(=O)OC(C(C)(C)C(C)C)C\C=C/C=C/C=C/c2nc(co2)C(=O)O1. The fourth-order valence-electron chi connectivity index (χ4n) is 5.69. The van der Waals surface area contributed by atoms with Crippen molar-refractivity contribution >= 4 is 24.1 Å². The maximum absolute atomic E-state index is 13.9. The first-order valence-electron chi connectivity index (χ1n) is 21.3. The molecule has 0 saturated carbocycles. The summed E-state index contributed by atoms with van der Waals surface area (Å²) in [4.78, 5) is 36.1. The van der Waals surface area contributed by atoms with Crippen molar-refractivity contribution in [2.24, 2.45) is 22.2 Å². The Bertz CT molecular complexity index is 3000. The highest BCUT2D eigenvalue weighted by atomic mass is 16.6. The normalized spacial score (nSPS) is 20.5. The first-order valence-corrected chi connectivity index (χ1v) is 21.3. The molecule has 4 atom stereocenters. The lowest BCUT2D eigenvalue weighted by Crippen LogP contribution is -2.44. The lowest BCUT2D eigenvalue weighted by Gasteiger charge is -2.43. The first-order chi connectivity index (χ1) is 32.1. The number of oxazole rings is 2. The van der Waals surface area contributed by atoms with Gasteiger partial charge in [0.1, 0.15) is 36.9 Å². The minimum Gasteiger partial charge on any atom is -0.457 e. The Kier molecular flexibility index (Phi) is 19.3. The van der Waals surface area contributed by atoms with Crippen LogP contribution in [-0.4, -0.2) is 46.3 Å². The van der Waals surface area contributed by atoms with Crippen LogP contribution in [0, 0.1) is 141 Å². The molecule has 1 fully saturated rings. The Balaban J connectivity index is 1.76. The van der Waals surface area contributed by atoms with Crippen LogP contribution in [0.25, 0.3) is 12.2 Å². The average molecular weight is 887 g/mol. The molecule has 0 aromatic carbocycles. The number of cyclic esters (lactones) is 2. The zero-order valence-electron chi connectivity index (χ0n) is 39.4. The van der Waals surface area contributed by atoms with E-state index in [0.29, 0.717) is 12.0 Å². The molecule has 9 heteroatoms. The molecule has 1 saturated heterocycles. The zero-order valence-corrected chi connectivity index (χ0v) is 39.4. The molecule has 67 heavy (non-hydrogen) atoms. The third kappa shape index (κ3) is 16.3. The second kappa shape index (κ2) is 25.2. The maximum atomic E-state index is 13.9. The molecule has 2 aromatic rings. The monoisotopic (exact) mass is 886 g/mol. The largest absolute Gasteiger partial charge is 0.457 e. The maximum Gasteiger partial charge on any atom is 0.360 e. The topological polar surface area (TPSA) is 117 Å². The number of aromatic nitrogens is 2. The van der Waals surface area contributed by atoms with Gasteiger partial charge in [-0.25, -0.2) is 19.6 Å². The summed E-state index contributed by atoms with van der Waals surface area (Å²) in [5, 5.41) is 0. The predicted molar refractivity (Wildman–Crippen MR) is 259 cm³/mol. The fraction of sp³-hybridized carbons (Fsp3) is 0.345. The van der Waals surface area contributed by atoms with Crippen LogP contribution >= 0.6 is 0 Å². The summed E-state index contributed by atoms with van der Waals surface area (Å²) in [6.07, 6.45) is 17.1. The summed E-state index contributed by atoms with van der Waals surface area (Å²) in [5.41, 5.74) is -1.42. The van der Waals surface area contributed by atoms with Gasteiger partial charge in [-0.15, -0.1) is 0 Å². The van der Waals surface area contributed by atoms with Crippen molar-refractivity contribution in [3.63, 3.8) is 0 Å². The van der Waals surface area contributed by atoms with Crippen LogP contribution in [0.4, 0.5) is 0 Å². The molecule has 0 radical (unpaired) electrons. The van der Waals surface area contributed by atoms with Crippen molar-refractivity contribution in [1.82, 2.24) is 9.97 Å². The molecule has 4 bridgehead atoms. The van der Waals surface area contributed by atoms with Crippen molar-refractivity contribution in [2.75, 3.05) is 0 Å². The molecule has 0 amide bonds. The van der Waals surface area contributed by atoms with Crippen LogP contribution < -0.4 is 0 Å². The van der Waals surface area contributed by atoms with E-state index in [0.717, 1.165) is 0 Å². The molecule has 4 heterocycles. The number of esters is 2. The van der Waals surface area contributed by atoms with Gasteiger partial charge in [0.15, 0.2) is 11.4 Å². The highest BCUT2D eigenvalue weighted by Crippen LogP contribution is 2.45. The second-order valence-electron chi connectivity index (χ2n) is 16.7. The van der Waals surface area contributed by atoms with Gasteiger partial charge in [0.2, 0.25) is 11.8 Å². The van der Waals surface area contributed by atoms with Crippen LogP contribution in [0.15, 0.2) is 69.5 Å². The fourth-order valence-corrected chi connectivity index (χ4v) is 5.69. The van der Waals surface area contributed by atoms with Crippen LogP contribution in [0.2, 0.25) is 0 Å². The van der Waals surface area contributed by atoms with Crippen molar-refractivity contribution in [2.45, 2.75) is 106 Å². The predicted octanol–water partition coefficient (Wildman–Crippen LogP) is 8.85. The zero-order chi connectivity index (χ0) is 48.7. The van der Waals surface area contributed by atoms with Crippen LogP contribution in [0.3, 0.4) is 0 Å². The van der Waals surface area contributed by atoms with E-state index in [9.17, 15) is 9.59 Å². The highest BCUT2D eigenvalue weighted by Gasteiger charge is 2.46. The van der Waals surface area contributed by atoms with E-state index in [1.807, 2.05) is 52.0 Å². The second-order valence-corrected chi connectivity index (χ2v) is 16.7. The summed E-state index contributed by atoms with van der Waals surface area (Å²) >= 11 is 0. The summed E-state index contributed by atoms with van der Waals surface area (Å²) in [6, 6.07) is 0. The summed E-state index contributed by atoms with van der Waals surface area (Å²) in [6.45, 7) is 19.4. The molecule has 0 N–H and O–H groups in total. The molecule has 0 spiro atoms. The van der Waals surface area contributed by atoms with E-state index in [1.54, 1.807) is 44.2 Å². The molecule has 4 rings (SSSR count). The van der Waals surface area contributed by atoms with Gasteiger partial charge in [-0.05, 0) is 147 Å². The standard InChI is InChI=1S/C58H50N2O7/c1-11-13-15-17-19-20-21-22-24-29-33-39-56(5,6)58(9,10)51-41-45(34-30-26-23-18-16-14-12-2)40-49-48(65-49)37-38-53-60-46(43-64-53)54(61)66-50(57(7,8)44(3)4)35-31-27-25-28-32-36-52-59-47(42-63-52)55(62)67-51/h25,27-28,31-32,36-38,40,42-44,48-51H,35,41H2,1-10H3/b28-25+,31-27-,36-32+,38-37+,45-40-. The van der Waals surface area contributed by atoms with E-state index in [4.69, 9.17) is 23.0 Å². The minimum atomic E-state index is -0.850. The smallest absolute Gasteiger partial charge is 0.360 e. The number of carbonyl (C=O) groups is 2. The number of allylic oxidation sites excluding steroid dienone is 4. The third-order valence-corrected chi connectivity index (χ3v) is 11.2. The quantitative estimate of drug-likeness (QED) is 0.169. The van der Waals surface area contributed by atoms with Gasteiger partial charge in [-0.3, -0.25) is 0 Å². The lowest BCUT2D eigenvalue weighted by atomic mass is 9.64. The Hall–Kier alpha value is -8.38. The van der Waals surface area contributed by atoms with Gasteiger partial charge >= 0.3 is 11.9 Å². The molecule has 2 aliphatic heterocycles. The van der Waals surface area contributed by atoms with E-state index in [-0.39, 0.29) is 47.0 Å². The molecule has 0 aliphatic carbocycles. The molecular weight excluding hydrogens is 837 g/mol. The molecular formula is C58H50N2O7. The van der Waals surface area contributed by atoms with Crippen LogP contribution in [0.5, 0.6) is 0 Å². The van der Waals surface area contributed by atoms with E-state index >= 15 is 0 Å². The minimum absolute atomic E-state index is 0.0264. The number of hydrogen-bond acceptors (Lipinski definition) is 9. The van der Waals surface area contributed by atoms with Crippen molar-refractivity contribution in [3.05, 3.63) is 83.8 Å². The van der Waals surface area contributed by atoms with Crippen LogP contribution in [-0.2, 0) is 14.2 Å². The van der Waals surface area contributed by atoms with Gasteiger partial charge in [0.05, 0.1) is 0 Å². The Morgan fingerprint density at radius 3 is 1.69 bits per heavy atom. The number of epoxide rings is 1. The highest BCUT2D eigenvalue weighted by molar-refractivity contribution is 5.87.